The molecule has 0 saturated heterocycles. The Morgan fingerprint density at radius 1 is 1.10 bits per heavy atom. The zero-order valence-corrected chi connectivity index (χ0v) is 19.5. The van der Waals surface area contributed by atoms with Gasteiger partial charge in [0.1, 0.15) is 6.10 Å². The maximum absolute atomic E-state index is 10.0. The average molecular weight is 421 g/mol. The predicted octanol–water partition coefficient (Wildman–Crippen LogP) is 4.51. The molecule has 0 aromatic rings. The van der Waals surface area contributed by atoms with Crippen LogP contribution in [0.3, 0.4) is 0 Å². The van der Waals surface area contributed by atoms with E-state index in [0.29, 0.717) is 30.1 Å². The molecule has 0 amide bonds. The highest BCUT2D eigenvalue weighted by Crippen LogP contribution is 2.59. The lowest BCUT2D eigenvalue weighted by atomic mass is 9.60. The molecule has 3 unspecified atom stereocenters. The van der Waals surface area contributed by atoms with E-state index in [1.165, 1.54) is 37.7 Å². The van der Waals surface area contributed by atoms with Crippen LogP contribution < -0.4 is 0 Å². The Hall–Kier alpha value is -0.680. The molecular weight excluding hydrogens is 376 g/mol. The van der Waals surface area contributed by atoms with E-state index in [2.05, 4.69) is 26.0 Å². The standard InChI is InChI=1S/C26H44O4/c1-17(7-5-13-25(2,3)30)20-11-12-21-19(8-6-14-26(20,21)4)10-9-18-15-22(27)24(29)23(28)16-18/h9-10,17,20-24,27-30H,5-8,11-16H2,1-4H3/b18-9?,19-10+/t17-,20?,21?,22-,23-,24?,26?/m1/s1. The first-order chi connectivity index (χ1) is 14.0. The third kappa shape index (κ3) is 5.38. The number of aliphatic hydroxyl groups excluding tert-OH is 3. The zero-order valence-electron chi connectivity index (χ0n) is 19.5. The van der Waals surface area contributed by atoms with Gasteiger partial charge < -0.3 is 20.4 Å². The minimum atomic E-state index is -1.03. The van der Waals surface area contributed by atoms with Gasteiger partial charge in [0.15, 0.2) is 0 Å². The molecule has 0 heterocycles. The highest BCUT2D eigenvalue weighted by atomic mass is 16.4. The lowest BCUT2D eigenvalue weighted by Gasteiger charge is -2.44. The second-order valence-electron chi connectivity index (χ2n) is 11.4. The van der Waals surface area contributed by atoms with Crippen LogP contribution in [0, 0.1) is 23.2 Å². The van der Waals surface area contributed by atoms with E-state index in [-0.39, 0.29) is 0 Å². The van der Waals surface area contributed by atoms with Crippen molar-refractivity contribution < 1.29 is 20.4 Å². The van der Waals surface area contributed by atoms with Crippen molar-refractivity contribution in [1.29, 1.82) is 0 Å². The fourth-order valence-corrected chi connectivity index (χ4v) is 6.75. The van der Waals surface area contributed by atoms with Gasteiger partial charge in [0.2, 0.25) is 0 Å². The van der Waals surface area contributed by atoms with Gasteiger partial charge in [-0.2, -0.15) is 0 Å². The second-order valence-corrected chi connectivity index (χ2v) is 11.4. The van der Waals surface area contributed by atoms with Gasteiger partial charge in [-0.05, 0) is 88.4 Å². The summed E-state index contributed by atoms with van der Waals surface area (Å²) in [5, 5.41) is 39.7. The lowest BCUT2D eigenvalue weighted by Crippen LogP contribution is -2.41. The van der Waals surface area contributed by atoms with Gasteiger partial charge in [-0.25, -0.2) is 0 Å². The van der Waals surface area contributed by atoms with Crippen molar-refractivity contribution >= 4 is 0 Å². The highest BCUT2D eigenvalue weighted by Gasteiger charge is 2.50. The summed E-state index contributed by atoms with van der Waals surface area (Å²) in [7, 11) is 0. The van der Waals surface area contributed by atoms with E-state index < -0.39 is 23.9 Å². The molecule has 30 heavy (non-hydrogen) atoms. The molecule has 0 aromatic carbocycles. The van der Waals surface area contributed by atoms with Crippen LogP contribution in [0.1, 0.15) is 91.9 Å². The second kappa shape index (κ2) is 9.44. The molecule has 0 aromatic heterocycles. The maximum Gasteiger partial charge on any atom is 0.106 e. The summed E-state index contributed by atoms with van der Waals surface area (Å²) in [5.74, 6) is 2.06. The van der Waals surface area contributed by atoms with Gasteiger partial charge in [0, 0.05) is 0 Å². The van der Waals surface area contributed by atoms with Crippen molar-refractivity contribution in [2.45, 2.75) is 116 Å². The number of hydrogen-bond acceptors (Lipinski definition) is 4. The minimum Gasteiger partial charge on any atom is -0.390 e. The SMILES string of the molecule is C[C@H](CCCC(C)(C)O)C1CCC2/C(=C/C=C3C[C@@H](O)C(O)[C@H](O)C3)CCCC21C. The Morgan fingerprint density at radius 2 is 1.77 bits per heavy atom. The molecule has 6 atom stereocenters. The number of aliphatic hydroxyl groups is 4. The number of allylic oxidation sites excluding steroid dienone is 3. The summed E-state index contributed by atoms with van der Waals surface area (Å²) in [4.78, 5) is 0. The van der Waals surface area contributed by atoms with Gasteiger partial charge in [-0.1, -0.05) is 50.0 Å². The quantitative estimate of drug-likeness (QED) is 0.510. The van der Waals surface area contributed by atoms with Gasteiger partial charge in [-0.15, -0.1) is 0 Å². The molecule has 4 nitrogen and oxygen atoms in total. The van der Waals surface area contributed by atoms with Gasteiger partial charge in [0.05, 0.1) is 17.8 Å². The van der Waals surface area contributed by atoms with Gasteiger partial charge in [-0.3, -0.25) is 0 Å². The van der Waals surface area contributed by atoms with Crippen LogP contribution in [0.15, 0.2) is 23.3 Å². The summed E-state index contributed by atoms with van der Waals surface area (Å²) < 4.78 is 0. The summed E-state index contributed by atoms with van der Waals surface area (Å²) in [5.41, 5.74) is 2.37. The van der Waals surface area contributed by atoms with Crippen LogP contribution in [0.2, 0.25) is 0 Å². The van der Waals surface area contributed by atoms with Crippen molar-refractivity contribution in [3.8, 4) is 0 Å². The first kappa shape index (κ1) is 24.0. The molecule has 0 spiro atoms. The summed E-state index contributed by atoms with van der Waals surface area (Å²) in [6.07, 6.45) is 11.9. The Balaban J connectivity index is 1.67. The first-order valence-electron chi connectivity index (χ1n) is 12.2. The van der Waals surface area contributed by atoms with E-state index >= 15 is 0 Å². The number of fused-ring (bicyclic) bond motifs is 1. The Kier molecular flexibility index (Phi) is 7.54. The molecule has 3 aliphatic carbocycles. The van der Waals surface area contributed by atoms with Gasteiger partial charge in [0.25, 0.3) is 0 Å². The van der Waals surface area contributed by atoms with Crippen molar-refractivity contribution in [2.75, 3.05) is 0 Å². The van der Waals surface area contributed by atoms with Crippen LogP contribution in [0.5, 0.6) is 0 Å². The molecule has 0 bridgehead atoms. The van der Waals surface area contributed by atoms with Crippen LogP contribution in [-0.2, 0) is 0 Å². The largest absolute Gasteiger partial charge is 0.390 e. The van der Waals surface area contributed by atoms with Crippen LogP contribution in [0.25, 0.3) is 0 Å². The predicted molar refractivity (Wildman–Crippen MR) is 121 cm³/mol. The van der Waals surface area contributed by atoms with Crippen molar-refractivity contribution in [3.63, 3.8) is 0 Å². The summed E-state index contributed by atoms with van der Waals surface area (Å²) >= 11 is 0. The topological polar surface area (TPSA) is 80.9 Å². The number of hydrogen-bond donors (Lipinski definition) is 4. The minimum absolute atomic E-state index is 0.360. The first-order valence-corrected chi connectivity index (χ1v) is 12.2. The molecule has 3 aliphatic rings. The van der Waals surface area contributed by atoms with Crippen molar-refractivity contribution in [1.82, 2.24) is 0 Å². The van der Waals surface area contributed by atoms with Crippen molar-refractivity contribution in [3.05, 3.63) is 23.3 Å². The Morgan fingerprint density at radius 3 is 2.40 bits per heavy atom. The number of rotatable bonds is 6. The fourth-order valence-electron chi connectivity index (χ4n) is 6.75. The third-order valence-corrected chi connectivity index (χ3v) is 8.44. The molecule has 4 N–H and O–H groups in total. The molecule has 172 valence electrons. The van der Waals surface area contributed by atoms with Gasteiger partial charge >= 0.3 is 0 Å². The molecular formula is C26H44O4. The molecule has 3 rings (SSSR count). The molecule has 0 aliphatic heterocycles. The van der Waals surface area contributed by atoms with E-state index in [9.17, 15) is 20.4 Å². The van der Waals surface area contributed by atoms with Crippen LogP contribution in [-0.4, -0.2) is 44.3 Å². The Bertz CT molecular complexity index is 632. The van der Waals surface area contributed by atoms with Crippen molar-refractivity contribution in [2.24, 2.45) is 23.2 Å². The van der Waals surface area contributed by atoms with E-state index in [4.69, 9.17) is 0 Å². The summed E-state index contributed by atoms with van der Waals surface area (Å²) in [6, 6.07) is 0. The lowest BCUT2D eigenvalue weighted by molar-refractivity contribution is -0.0713. The van der Waals surface area contributed by atoms with E-state index in [0.717, 1.165) is 30.8 Å². The normalized spacial score (nSPS) is 39.8. The van der Waals surface area contributed by atoms with E-state index in [1.807, 2.05) is 13.8 Å². The zero-order chi connectivity index (χ0) is 22.1. The van der Waals surface area contributed by atoms with Crippen LogP contribution >= 0.6 is 0 Å². The maximum atomic E-state index is 10.0. The highest BCUT2D eigenvalue weighted by molar-refractivity contribution is 5.26. The average Bonchev–Trinajstić information content (AvgIpc) is 3.00. The van der Waals surface area contributed by atoms with E-state index in [1.54, 1.807) is 0 Å². The smallest absolute Gasteiger partial charge is 0.106 e. The monoisotopic (exact) mass is 420 g/mol. The Labute approximate surface area is 183 Å². The van der Waals surface area contributed by atoms with Crippen LogP contribution in [0.4, 0.5) is 0 Å². The third-order valence-electron chi connectivity index (χ3n) is 8.44. The summed E-state index contributed by atoms with van der Waals surface area (Å²) in [6.45, 7) is 8.73. The molecule has 4 heteroatoms. The molecule has 3 fully saturated rings. The molecule has 0 radical (unpaired) electrons. The molecule has 3 saturated carbocycles. The fraction of sp³-hybridized carbons (Fsp3) is 0.846.